The van der Waals surface area contributed by atoms with Gasteiger partial charge >= 0.3 is 0 Å². The lowest BCUT2D eigenvalue weighted by Gasteiger charge is -2.30. The number of piperidine rings is 1. The number of β-amino-alcohol motifs (C(OH)–C–C–N with tert-alkyl or cyclic N) is 1. The van der Waals surface area contributed by atoms with E-state index in [9.17, 15) is 5.11 Å². The number of aryl methyl sites for hydroxylation is 1. The molecule has 0 radical (unpaired) electrons. The van der Waals surface area contributed by atoms with Crippen LogP contribution < -0.4 is 4.90 Å². The van der Waals surface area contributed by atoms with Crippen molar-refractivity contribution in [2.45, 2.75) is 25.9 Å². The fourth-order valence-electron chi connectivity index (χ4n) is 2.30. The third-order valence-electron chi connectivity index (χ3n) is 3.17. The number of aliphatic hydroxyl groups excluding tert-OH is 1. The van der Waals surface area contributed by atoms with E-state index in [1.807, 2.05) is 17.5 Å². The van der Waals surface area contributed by atoms with Crippen LogP contribution in [0.3, 0.4) is 0 Å². The Morgan fingerprint density at radius 3 is 3.12 bits per heavy atom. The van der Waals surface area contributed by atoms with E-state index in [0.717, 1.165) is 36.7 Å². The van der Waals surface area contributed by atoms with Crippen molar-refractivity contribution >= 4 is 11.5 Å². The summed E-state index contributed by atoms with van der Waals surface area (Å²) in [5.74, 6) is 1.66. The Bertz CT molecular complexity index is 538. The third kappa shape index (κ3) is 1.74. The second-order valence-electron chi connectivity index (χ2n) is 4.43. The van der Waals surface area contributed by atoms with E-state index in [4.69, 9.17) is 0 Å². The van der Waals surface area contributed by atoms with Gasteiger partial charge in [-0.2, -0.15) is 0 Å². The molecule has 0 unspecified atom stereocenters. The summed E-state index contributed by atoms with van der Waals surface area (Å²) in [4.78, 5) is 6.45. The molecule has 0 amide bonds. The average Bonchev–Trinajstić information content (AvgIpc) is 2.71. The lowest BCUT2D eigenvalue weighted by Crippen LogP contribution is -2.39. The molecular formula is C11H15N5O. The monoisotopic (exact) mass is 233 g/mol. The van der Waals surface area contributed by atoms with Gasteiger partial charge in [0.05, 0.1) is 6.10 Å². The molecule has 3 heterocycles. The minimum atomic E-state index is -0.269. The first kappa shape index (κ1) is 10.5. The summed E-state index contributed by atoms with van der Waals surface area (Å²) in [7, 11) is 0. The van der Waals surface area contributed by atoms with E-state index in [0.29, 0.717) is 6.54 Å². The molecule has 0 spiro atoms. The highest BCUT2D eigenvalue weighted by molar-refractivity contribution is 5.63. The molecule has 6 heteroatoms. The molecule has 17 heavy (non-hydrogen) atoms. The maximum absolute atomic E-state index is 9.71. The van der Waals surface area contributed by atoms with Crippen molar-refractivity contribution in [2.24, 2.45) is 0 Å². The highest BCUT2D eigenvalue weighted by Gasteiger charge is 2.21. The van der Waals surface area contributed by atoms with E-state index >= 15 is 0 Å². The molecule has 6 nitrogen and oxygen atoms in total. The van der Waals surface area contributed by atoms with Crippen LogP contribution >= 0.6 is 0 Å². The third-order valence-corrected chi connectivity index (χ3v) is 3.17. The number of nitrogens with zero attached hydrogens (tertiary/aromatic N) is 5. The molecule has 0 aliphatic carbocycles. The molecule has 90 valence electrons. The Kier molecular flexibility index (Phi) is 2.44. The zero-order chi connectivity index (χ0) is 11.8. The Morgan fingerprint density at radius 1 is 1.41 bits per heavy atom. The van der Waals surface area contributed by atoms with Crippen molar-refractivity contribution in [3.05, 3.63) is 18.2 Å². The summed E-state index contributed by atoms with van der Waals surface area (Å²) in [6, 6.07) is 0. The fraction of sp³-hybridized carbons (Fsp3) is 0.545. The van der Waals surface area contributed by atoms with Gasteiger partial charge in [-0.1, -0.05) is 0 Å². The second-order valence-corrected chi connectivity index (χ2v) is 4.43. The number of aromatic nitrogens is 4. The van der Waals surface area contributed by atoms with Gasteiger partial charge < -0.3 is 10.0 Å². The van der Waals surface area contributed by atoms with Gasteiger partial charge in [0.1, 0.15) is 5.82 Å². The van der Waals surface area contributed by atoms with E-state index in [1.165, 1.54) is 0 Å². The summed E-state index contributed by atoms with van der Waals surface area (Å²) >= 11 is 0. The zero-order valence-electron chi connectivity index (χ0n) is 9.74. The molecule has 0 aromatic carbocycles. The molecule has 1 aliphatic heterocycles. The minimum Gasteiger partial charge on any atom is -0.391 e. The van der Waals surface area contributed by atoms with Crippen LogP contribution in [0.5, 0.6) is 0 Å². The maximum atomic E-state index is 9.71. The van der Waals surface area contributed by atoms with Gasteiger partial charge in [-0.25, -0.2) is 4.98 Å². The topological polar surface area (TPSA) is 66.5 Å². The fourth-order valence-corrected chi connectivity index (χ4v) is 2.30. The van der Waals surface area contributed by atoms with Gasteiger partial charge in [-0.15, -0.1) is 10.2 Å². The van der Waals surface area contributed by atoms with Crippen LogP contribution in [-0.2, 0) is 0 Å². The highest BCUT2D eigenvalue weighted by Crippen LogP contribution is 2.21. The number of rotatable bonds is 1. The summed E-state index contributed by atoms with van der Waals surface area (Å²) in [6.45, 7) is 3.45. The molecule has 1 N–H and O–H groups in total. The number of hydrogen-bond acceptors (Lipinski definition) is 5. The van der Waals surface area contributed by atoms with Crippen LogP contribution in [0.1, 0.15) is 18.7 Å². The zero-order valence-corrected chi connectivity index (χ0v) is 9.74. The van der Waals surface area contributed by atoms with Crippen LogP contribution in [0.4, 0.5) is 5.82 Å². The summed E-state index contributed by atoms with van der Waals surface area (Å²) in [5.41, 5.74) is 0.763. The molecule has 1 fully saturated rings. The van der Waals surface area contributed by atoms with Crippen molar-refractivity contribution < 1.29 is 5.11 Å². The summed E-state index contributed by atoms with van der Waals surface area (Å²) in [5, 5.41) is 17.9. The minimum absolute atomic E-state index is 0.269. The predicted octanol–water partition coefficient (Wildman–Crippen LogP) is 0.394. The van der Waals surface area contributed by atoms with Gasteiger partial charge in [0.15, 0.2) is 5.82 Å². The SMILES string of the molecule is Cc1nnc2c(N3CCC[C@H](O)C3)nccn12. The number of anilines is 1. The van der Waals surface area contributed by atoms with E-state index in [-0.39, 0.29) is 6.10 Å². The molecular weight excluding hydrogens is 218 g/mol. The van der Waals surface area contributed by atoms with Gasteiger partial charge in [-0.05, 0) is 19.8 Å². The molecule has 0 bridgehead atoms. The Labute approximate surface area is 98.9 Å². The smallest absolute Gasteiger partial charge is 0.203 e. The van der Waals surface area contributed by atoms with Crippen LogP contribution in [0.25, 0.3) is 5.65 Å². The first-order chi connectivity index (χ1) is 8.25. The van der Waals surface area contributed by atoms with Gasteiger partial charge in [0, 0.05) is 25.5 Å². The summed E-state index contributed by atoms with van der Waals surface area (Å²) < 4.78 is 1.92. The lowest BCUT2D eigenvalue weighted by atomic mass is 10.1. The lowest BCUT2D eigenvalue weighted by molar-refractivity contribution is 0.154. The first-order valence-corrected chi connectivity index (χ1v) is 5.85. The Hall–Kier alpha value is -1.69. The molecule has 1 aliphatic rings. The van der Waals surface area contributed by atoms with Crippen molar-refractivity contribution in [3.8, 4) is 0 Å². The van der Waals surface area contributed by atoms with Crippen molar-refractivity contribution in [1.82, 2.24) is 19.6 Å². The standard InChI is InChI=1S/C11H15N5O/c1-8-13-14-11-10(12-4-6-16(8)11)15-5-2-3-9(17)7-15/h4,6,9,17H,2-3,5,7H2,1H3/t9-/m0/s1. The second kappa shape index (κ2) is 3.96. The molecule has 1 atom stereocenters. The van der Waals surface area contributed by atoms with E-state index in [2.05, 4.69) is 20.1 Å². The number of hydrogen-bond donors (Lipinski definition) is 1. The molecule has 3 rings (SSSR count). The first-order valence-electron chi connectivity index (χ1n) is 5.85. The van der Waals surface area contributed by atoms with Crippen molar-refractivity contribution in [2.75, 3.05) is 18.0 Å². The van der Waals surface area contributed by atoms with Crippen LogP contribution in [-0.4, -0.2) is 43.9 Å². The van der Waals surface area contributed by atoms with Crippen molar-refractivity contribution in [1.29, 1.82) is 0 Å². The quantitative estimate of drug-likeness (QED) is 0.772. The average molecular weight is 233 g/mol. The molecule has 1 saturated heterocycles. The normalized spacial score (nSPS) is 21.1. The molecule has 2 aromatic rings. The van der Waals surface area contributed by atoms with Crippen molar-refractivity contribution in [3.63, 3.8) is 0 Å². The van der Waals surface area contributed by atoms with E-state index < -0.39 is 0 Å². The number of aliphatic hydroxyl groups is 1. The van der Waals surface area contributed by atoms with Gasteiger partial charge in [-0.3, -0.25) is 4.40 Å². The highest BCUT2D eigenvalue weighted by atomic mass is 16.3. The Morgan fingerprint density at radius 2 is 2.29 bits per heavy atom. The molecule has 2 aromatic heterocycles. The van der Waals surface area contributed by atoms with Crippen LogP contribution in [0, 0.1) is 6.92 Å². The van der Waals surface area contributed by atoms with Gasteiger partial charge in [0.25, 0.3) is 0 Å². The van der Waals surface area contributed by atoms with Crippen LogP contribution in [0.15, 0.2) is 12.4 Å². The predicted molar refractivity (Wildman–Crippen MR) is 63.0 cm³/mol. The van der Waals surface area contributed by atoms with E-state index in [1.54, 1.807) is 6.20 Å². The molecule has 0 saturated carbocycles. The largest absolute Gasteiger partial charge is 0.391 e. The van der Waals surface area contributed by atoms with Gasteiger partial charge in [0.2, 0.25) is 5.65 Å². The van der Waals surface area contributed by atoms with Crippen LogP contribution in [0.2, 0.25) is 0 Å². The summed E-state index contributed by atoms with van der Waals surface area (Å²) in [6.07, 6.45) is 5.19. The Balaban J connectivity index is 2.04. The maximum Gasteiger partial charge on any atom is 0.203 e. The number of fused-ring (bicyclic) bond motifs is 1.